The highest BCUT2D eigenvalue weighted by Gasteiger charge is 2.28. The molecule has 1 aromatic heterocycles. The standard InChI is InChI=1S/C19H26N4OS/c1-4-23-18(20-21-19(23)25)15-6-5-9-22(12-15)17(24)11-16-10-13(2)7-8-14(16)3/h7-8,10,15H,4-6,9,11-12H2,1-3H3,(H,21,25)/t15-/m1/s1. The maximum atomic E-state index is 12.8. The summed E-state index contributed by atoms with van der Waals surface area (Å²) in [5.74, 6) is 1.44. The number of aryl methyl sites for hydroxylation is 2. The van der Waals surface area contributed by atoms with E-state index in [4.69, 9.17) is 12.2 Å². The van der Waals surface area contributed by atoms with Crippen LogP contribution in [0.1, 0.15) is 48.2 Å². The van der Waals surface area contributed by atoms with E-state index in [-0.39, 0.29) is 11.8 Å². The lowest BCUT2D eigenvalue weighted by atomic mass is 9.96. The first-order valence-electron chi connectivity index (χ1n) is 8.98. The van der Waals surface area contributed by atoms with Gasteiger partial charge < -0.3 is 9.47 Å². The first-order chi connectivity index (χ1) is 12.0. The molecule has 1 amide bonds. The van der Waals surface area contributed by atoms with Gasteiger partial charge in [-0.2, -0.15) is 5.10 Å². The number of benzene rings is 1. The number of nitrogens with zero attached hydrogens (tertiary/aromatic N) is 3. The summed E-state index contributed by atoms with van der Waals surface area (Å²) < 4.78 is 2.70. The Hall–Kier alpha value is -1.95. The minimum atomic E-state index is 0.204. The molecule has 1 atom stereocenters. The van der Waals surface area contributed by atoms with E-state index in [2.05, 4.69) is 49.2 Å². The molecule has 3 rings (SSSR count). The molecule has 0 saturated carbocycles. The lowest BCUT2D eigenvalue weighted by molar-refractivity contribution is -0.131. The average molecular weight is 359 g/mol. The molecule has 0 unspecified atom stereocenters. The predicted octanol–water partition coefficient (Wildman–Crippen LogP) is 3.53. The van der Waals surface area contributed by atoms with Gasteiger partial charge in [0.25, 0.3) is 0 Å². The van der Waals surface area contributed by atoms with Crippen molar-refractivity contribution < 1.29 is 4.79 Å². The maximum Gasteiger partial charge on any atom is 0.227 e. The van der Waals surface area contributed by atoms with E-state index in [9.17, 15) is 4.79 Å². The number of carbonyl (C=O) groups is 1. The Morgan fingerprint density at radius 1 is 1.40 bits per heavy atom. The molecule has 0 spiro atoms. The highest BCUT2D eigenvalue weighted by atomic mass is 32.1. The van der Waals surface area contributed by atoms with Crippen LogP contribution in [0.3, 0.4) is 0 Å². The van der Waals surface area contributed by atoms with Crippen LogP contribution < -0.4 is 0 Å². The SMILES string of the molecule is CCn1c([C@@H]2CCCN(C(=O)Cc3cc(C)ccc3C)C2)n[nH]c1=S. The zero-order chi connectivity index (χ0) is 18.0. The van der Waals surface area contributed by atoms with Crippen LogP contribution in [-0.2, 0) is 17.8 Å². The summed E-state index contributed by atoms with van der Waals surface area (Å²) in [6.45, 7) is 8.57. The molecule has 0 radical (unpaired) electrons. The van der Waals surface area contributed by atoms with E-state index in [1.54, 1.807) is 0 Å². The molecule has 1 saturated heterocycles. The van der Waals surface area contributed by atoms with Gasteiger partial charge in [-0.15, -0.1) is 0 Å². The van der Waals surface area contributed by atoms with E-state index in [0.717, 1.165) is 43.9 Å². The Balaban J connectivity index is 1.73. The number of aromatic amines is 1. The summed E-state index contributed by atoms with van der Waals surface area (Å²) >= 11 is 5.30. The highest BCUT2D eigenvalue weighted by molar-refractivity contribution is 7.71. The van der Waals surface area contributed by atoms with Crippen molar-refractivity contribution in [3.05, 3.63) is 45.5 Å². The predicted molar refractivity (Wildman–Crippen MR) is 101 cm³/mol. The molecule has 1 fully saturated rings. The van der Waals surface area contributed by atoms with Crippen molar-refractivity contribution in [2.75, 3.05) is 13.1 Å². The van der Waals surface area contributed by atoms with Crippen molar-refractivity contribution in [3.63, 3.8) is 0 Å². The first-order valence-corrected chi connectivity index (χ1v) is 9.39. The molecule has 134 valence electrons. The van der Waals surface area contributed by atoms with Gasteiger partial charge in [0, 0.05) is 25.6 Å². The van der Waals surface area contributed by atoms with Gasteiger partial charge in [0.1, 0.15) is 5.82 Å². The second-order valence-corrected chi connectivity index (χ2v) is 7.30. The molecule has 1 aliphatic heterocycles. The third-order valence-corrected chi connectivity index (χ3v) is 5.40. The van der Waals surface area contributed by atoms with E-state index < -0.39 is 0 Å². The van der Waals surface area contributed by atoms with Gasteiger partial charge in [-0.25, -0.2) is 0 Å². The number of carbonyl (C=O) groups excluding carboxylic acids is 1. The monoisotopic (exact) mass is 358 g/mol. The van der Waals surface area contributed by atoms with E-state index in [1.165, 1.54) is 11.1 Å². The zero-order valence-electron chi connectivity index (χ0n) is 15.2. The minimum Gasteiger partial charge on any atom is -0.342 e. The molecule has 5 nitrogen and oxygen atoms in total. The number of rotatable bonds is 4. The number of hydrogen-bond acceptors (Lipinski definition) is 3. The zero-order valence-corrected chi connectivity index (χ0v) is 16.0. The van der Waals surface area contributed by atoms with Gasteiger partial charge in [0.2, 0.25) is 5.91 Å². The van der Waals surface area contributed by atoms with Crippen LogP contribution in [0.15, 0.2) is 18.2 Å². The molecular weight excluding hydrogens is 332 g/mol. The molecule has 0 aliphatic carbocycles. The number of aromatic nitrogens is 3. The maximum absolute atomic E-state index is 12.8. The smallest absolute Gasteiger partial charge is 0.227 e. The van der Waals surface area contributed by atoms with Gasteiger partial charge in [-0.3, -0.25) is 9.89 Å². The largest absolute Gasteiger partial charge is 0.342 e. The van der Waals surface area contributed by atoms with Gasteiger partial charge in [0.05, 0.1) is 6.42 Å². The summed E-state index contributed by atoms with van der Waals surface area (Å²) in [5.41, 5.74) is 3.51. The number of likely N-dealkylation sites (tertiary alicyclic amines) is 1. The molecule has 6 heteroatoms. The van der Waals surface area contributed by atoms with Crippen molar-refractivity contribution in [3.8, 4) is 0 Å². The van der Waals surface area contributed by atoms with Crippen molar-refractivity contribution in [1.82, 2.24) is 19.7 Å². The van der Waals surface area contributed by atoms with Crippen molar-refractivity contribution >= 4 is 18.1 Å². The molecule has 1 aliphatic rings. The second-order valence-electron chi connectivity index (χ2n) is 6.92. The second kappa shape index (κ2) is 7.52. The van der Waals surface area contributed by atoms with E-state index in [1.807, 2.05) is 9.47 Å². The Morgan fingerprint density at radius 2 is 2.20 bits per heavy atom. The van der Waals surface area contributed by atoms with Crippen LogP contribution in [0.2, 0.25) is 0 Å². The van der Waals surface area contributed by atoms with Crippen LogP contribution in [0.4, 0.5) is 0 Å². The molecule has 0 bridgehead atoms. The molecule has 2 aromatic rings. The third-order valence-electron chi connectivity index (χ3n) is 5.09. The summed E-state index contributed by atoms with van der Waals surface area (Å²) in [4.78, 5) is 14.8. The fourth-order valence-electron chi connectivity index (χ4n) is 3.63. The van der Waals surface area contributed by atoms with Gasteiger partial charge in [-0.1, -0.05) is 23.8 Å². The van der Waals surface area contributed by atoms with Gasteiger partial charge in [-0.05, 0) is 57.0 Å². The van der Waals surface area contributed by atoms with Crippen molar-refractivity contribution in [2.45, 2.75) is 52.5 Å². The van der Waals surface area contributed by atoms with Gasteiger partial charge in [0.15, 0.2) is 4.77 Å². The van der Waals surface area contributed by atoms with Crippen molar-refractivity contribution in [2.24, 2.45) is 0 Å². The number of amides is 1. The number of hydrogen-bond donors (Lipinski definition) is 1. The Morgan fingerprint density at radius 3 is 2.96 bits per heavy atom. The lowest BCUT2D eigenvalue weighted by Gasteiger charge is -2.32. The lowest BCUT2D eigenvalue weighted by Crippen LogP contribution is -2.40. The average Bonchev–Trinajstić information content (AvgIpc) is 2.99. The Bertz CT molecular complexity index is 823. The van der Waals surface area contributed by atoms with E-state index >= 15 is 0 Å². The minimum absolute atomic E-state index is 0.204. The molecule has 25 heavy (non-hydrogen) atoms. The normalized spacial score (nSPS) is 17.7. The molecule has 2 heterocycles. The number of H-pyrrole nitrogens is 1. The first kappa shape index (κ1) is 17.9. The molecular formula is C19H26N4OS. The molecule has 1 aromatic carbocycles. The third kappa shape index (κ3) is 3.84. The summed E-state index contributed by atoms with van der Waals surface area (Å²) in [6, 6.07) is 6.31. The summed E-state index contributed by atoms with van der Waals surface area (Å²) in [5, 5.41) is 7.32. The van der Waals surface area contributed by atoms with Crippen LogP contribution in [0.25, 0.3) is 0 Å². The quantitative estimate of drug-likeness (QED) is 0.851. The fourth-order valence-corrected chi connectivity index (χ4v) is 3.90. The summed E-state index contributed by atoms with van der Waals surface area (Å²) in [6.07, 6.45) is 2.53. The Kier molecular flexibility index (Phi) is 5.37. The van der Waals surface area contributed by atoms with Crippen LogP contribution in [0, 0.1) is 18.6 Å². The highest BCUT2D eigenvalue weighted by Crippen LogP contribution is 2.26. The summed E-state index contributed by atoms with van der Waals surface area (Å²) in [7, 11) is 0. The van der Waals surface area contributed by atoms with Crippen LogP contribution >= 0.6 is 12.2 Å². The fraction of sp³-hybridized carbons (Fsp3) is 0.526. The van der Waals surface area contributed by atoms with E-state index in [0.29, 0.717) is 11.2 Å². The number of piperidine rings is 1. The topological polar surface area (TPSA) is 53.9 Å². The van der Waals surface area contributed by atoms with Crippen molar-refractivity contribution in [1.29, 1.82) is 0 Å². The molecule has 1 N–H and O–H groups in total. The van der Waals surface area contributed by atoms with Gasteiger partial charge >= 0.3 is 0 Å². The number of nitrogens with one attached hydrogen (secondary N) is 1. The van der Waals surface area contributed by atoms with Crippen LogP contribution in [0.5, 0.6) is 0 Å². The Labute approximate surface area is 154 Å². The van der Waals surface area contributed by atoms with Crippen LogP contribution in [-0.4, -0.2) is 38.7 Å².